The Balaban J connectivity index is 2.70. The van der Waals surface area contributed by atoms with Crippen LogP contribution in [0.2, 0.25) is 0 Å². The molecule has 0 spiro atoms. The van der Waals surface area contributed by atoms with Crippen molar-refractivity contribution in [2.75, 3.05) is 0 Å². The number of fused-ring (bicyclic) bond motifs is 1. The van der Waals surface area contributed by atoms with Gasteiger partial charge in [-0.2, -0.15) is 0 Å². The van der Waals surface area contributed by atoms with Gasteiger partial charge < -0.3 is 10.0 Å². The van der Waals surface area contributed by atoms with Crippen LogP contribution in [0.3, 0.4) is 0 Å². The summed E-state index contributed by atoms with van der Waals surface area (Å²) in [5.74, 6) is -0.415. The van der Waals surface area contributed by atoms with E-state index in [9.17, 15) is 4.39 Å². The highest BCUT2D eigenvalue weighted by molar-refractivity contribution is 7.17. The van der Waals surface area contributed by atoms with E-state index in [4.69, 9.17) is 10.0 Å². The molecule has 0 saturated carbocycles. The van der Waals surface area contributed by atoms with Gasteiger partial charge in [0.1, 0.15) is 5.82 Å². The van der Waals surface area contributed by atoms with Crippen molar-refractivity contribution in [1.29, 1.82) is 0 Å². The molecule has 5 heteroatoms. The van der Waals surface area contributed by atoms with Crippen LogP contribution in [0, 0.1) is 5.82 Å². The molecule has 0 saturated heterocycles. The molecule has 2 nitrogen and oxygen atoms in total. The standard InChI is InChI=1S/C8H6BFO2S/c10-7-3-5(9(11)12)4-8-6(7)1-2-13-8/h1-4,11-12H. The average molecular weight is 196 g/mol. The Hall–Kier alpha value is -0.905. The molecule has 66 valence electrons. The molecule has 2 N–H and O–H groups in total. The van der Waals surface area contributed by atoms with Crippen molar-refractivity contribution in [3.05, 3.63) is 29.4 Å². The van der Waals surface area contributed by atoms with Crippen LogP contribution in [0.15, 0.2) is 23.6 Å². The van der Waals surface area contributed by atoms with E-state index in [1.807, 2.05) is 0 Å². The van der Waals surface area contributed by atoms with Crippen molar-refractivity contribution in [1.82, 2.24) is 0 Å². The number of hydrogen-bond donors (Lipinski definition) is 2. The molecule has 0 bridgehead atoms. The monoisotopic (exact) mass is 196 g/mol. The van der Waals surface area contributed by atoms with E-state index in [1.165, 1.54) is 11.3 Å². The Morgan fingerprint density at radius 1 is 1.31 bits per heavy atom. The van der Waals surface area contributed by atoms with E-state index in [2.05, 4.69) is 0 Å². The van der Waals surface area contributed by atoms with E-state index in [0.29, 0.717) is 5.39 Å². The third kappa shape index (κ3) is 1.46. The minimum atomic E-state index is -1.61. The summed E-state index contributed by atoms with van der Waals surface area (Å²) in [6.45, 7) is 0. The molecular formula is C8H6BFO2S. The average Bonchev–Trinajstić information content (AvgIpc) is 2.51. The van der Waals surface area contributed by atoms with E-state index in [1.54, 1.807) is 17.5 Å². The summed E-state index contributed by atoms with van der Waals surface area (Å²) < 4.78 is 13.9. The van der Waals surface area contributed by atoms with Gasteiger partial charge in [0.05, 0.1) is 0 Å². The third-order valence-electron chi connectivity index (χ3n) is 1.84. The lowest BCUT2D eigenvalue weighted by Crippen LogP contribution is -2.29. The normalized spacial score (nSPS) is 10.7. The Labute approximate surface area is 78.4 Å². The summed E-state index contributed by atoms with van der Waals surface area (Å²) in [6, 6.07) is 4.39. The Bertz CT molecular complexity index is 441. The van der Waals surface area contributed by atoms with Gasteiger partial charge in [0.2, 0.25) is 0 Å². The van der Waals surface area contributed by atoms with E-state index >= 15 is 0 Å². The molecule has 1 aromatic carbocycles. The molecule has 0 aliphatic rings. The summed E-state index contributed by atoms with van der Waals surface area (Å²) in [4.78, 5) is 0. The van der Waals surface area contributed by atoms with Gasteiger partial charge in [0.15, 0.2) is 0 Å². The molecular weight excluding hydrogens is 190 g/mol. The minimum Gasteiger partial charge on any atom is -0.423 e. The molecule has 2 rings (SSSR count). The predicted octanol–water partition coefficient (Wildman–Crippen LogP) is 0.720. The topological polar surface area (TPSA) is 40.5 Å². The smallest absolute Gasteiger partial charge is 0.423 e. The molecule has 0 aliphatic carbocycles. The zero-order valence-electron chi connectivity index (χ0n) is 6.57. The fraction of sp³-hybridized carbons (Fsp3) is 0. The summed E-state index contributed by atoms with van der Waals surface area (Å²) in [6.07, 6.45) is 0. The molecule has 1 aromatic heterocycles. The van der Waals surface area contributed by atoms with Gasteiger partial charge >= 0.3 is 7.12 Å². The number of thiophene rings is 1. The van der Waals surface area contributed by atoms with Crippen LogP contribution in [0.4, 0.5) is 4.39 Å². The van der Waals surface area contributed by atoms with Gasteiger partial charge in [-0.3, -0.25) is 0 Å². The zero-order valence-corrected chi connectivity index (χ0v) is 7.38. The summed E-state index contributed by atoms with van der Waals surface area (Å²) >= 11 is 1.37. The quantitative estimate of drug-likeness (QED) is 0.659. The van der Waals surface area contributed by atoms with Gasteiger partial charge in [-0.1, -0.05) is 0 Å². The molecule has 0 fully saturated rings. The van der Waals surface area contributed by atoms with Crippen molar-refractivity contribution >= 4 is 34.0 Å². The first-order valence-electron chi connectivity index (χ1n) is 3.71. The van der Waals surface area contributed by atoms with Gasteiger partial charge in [-0.25, -0.2) is 4.39 Å². The van der Waals surface area contributed by atoms with Crippen molar-refractivity contribution in [3.8, 4) is 0 Å². The molecule has 0 unspecified atom stereocenters. The second kappa shape index (κ2) is 3.10. The number of benzene rings is 1. The maximum atomic E-state index is 13.2. The Kier molecular flexibility index (Phi) is 2.07. The summed E-state index contributed by atoms with van der Waals surface area (Å²) in [7, 11) is -1.61. The van der Waals surface area contributed by atoms with Crippen molar-refractivity contribution < 1.29 is 14.4 Å². The maximum Gasteiger partial charge on any atom is 0.488 e. The van der Waals surface area contributed by atoms with Crippen molar-refractivity contribution in [2.45, 2.75) is 0 Å². The largest absolute Gasteiger partial charge is 0.488 e. The lowest BCUT2D eigenvalue weighted by atomic mass is 9.80. The van der Waals surface area contributed by atoms with E-state index < -0.39 is 12.9 Å². The van der Waals surface area contributed by atoms with Crippen LogP contribution < -0.4 is 5.46 Å². The van der Waals surface area contributed by atoms with Crippen LogP contribution in [0.25, 0.3) is 10.1 Å². The third-order valence-corrected chi connectivity index (χ3v) is 2.71. The summed E-state index contributed by atoms with van der Waals surface area (Å²) in [5.41, 5.74) is 0.187. The highest BCUT2D eigenvalue weighted by atomic mass is 32.1. The first kappa shape index (κ1) is 8.68. The highest BCUT2D eigenvalue weighted by Crippen LogP contribution is 2.21. The fourth-order valence-electron chi connectivity index (χ4n) is 1.20. The Morgan fingerprint density at radius 3 is 2.77 bits per heavy atom. The van der Waals surface area contributed by atoms with Crippen LogP contribution in [-0.4, -0.2) is 17.2 Å². The number of halogens is 1. The summed E-state index contributed by atoms with van der Waals surface area (Å²) in [5, 5.41) is 20.0. The van der Waals surface area contributed by atoms with Gasteiger partial charge in [0, 0.05) is 10.1 Å². The van der Waals surface area contributed by atoms with E-state index in [-0.39, 0.29) is 5.46 Å². The highest BCUT2D eigenvalue weighted by Gasteiger charge is 2.14. The lowest BCUT2D eigenvalue weighted by molar-refractivity contribution is 0.425. The maximum absolute atomic E-state index is 13.2. The first-order chi connectivity index (χ1) is 6.18. The first-order valence-corrected chi connectivity index (χ1v) is 4.59. The second-order valence-corrected chi connectivity index (χ2v) is 3.66. The zero-order chi connectivity index (χ0) is 9.42. The molecule has 0 aliphatic heterocycles. The van der Waals surface area contributed by atoms with Crippen LogP contribution in [0.1, 0.15) is 0 Å². The molecule has 0 radical (unpaired) electrons. The van der Waals surface area contributed by atoms with Crippen molar-refractivity contribution in [2.24, 2.45) is 0 Å². The predicted molar refractivity (Wildman–Crippen MR) is 51.6 cm³/mol. The van der Waals surface area contributed by atoms with Gasteiger partial charge in [-0.05, 0) is 29.0 Å². The van der Waals surface area contributed by atoms with Gasteiger partial charge in [-0.15, -0.1) is 11.3 Å². The SMILES string of the molecule is OB(O)c1cc(F)c2ccsc2c1. The van der Waals surface area contributed by atoms with Crippen LogP contribution >= 0.6 is 11.3 Å². The molecule has 1 heterocycles. The van der Waals surface area contributed by atoms with E-state index in [0.717, 1.165) is 10.8 Å². The number of rotatable bonds is 1. The number of hydrogen-bond acceptors (Lipinski definition) is 3. The minimum absolute atomic E-state index is 0.187. The molecule has 0 atom stereocenters. The Morgan fingerprint density at radius 2 is 2.08 bits per heavy atom. The lowest BCUT2D eigenvalue weighted by Gasteiger charge is -1.99. The van der Waals surface area contributed by atoms with Crippen LogP contribution in [-0.2, 0) is 0 Å². The van der Waals surface area contributed by atoms with Crippen LogP contribution in [0.5, 0.6) is 0 Å². The van der Waals surface area contributed by atoms with Crippen molar-refractivity contribution in [3.63, 3.8) is 0 Å². The fourth-order valence-corrected chi connectivity index (χ4v) is 2.04. The molecule has 13 heavy (non-hydrogen) atoms. The molecule has 2 aromatic rings. The van der Waals surface area contributed by atoms with Gasteiger partial charge in [0.25, 0.3) is 0 Å². The second-order valence-electron chi connectivity index (χ2n) is 2.71. The molecule has 0 amide bonds.